The molecule has 0 heterocycles. The Morgan fingerprint density at radius 3 is 2.29 bits per heavy atom. The van der Waals surface area contributed by atoms with Gasteiger partial charge in [-0.15, -0.1) is 0 Å². The van der Waals surface area contributed by atoms with Crippen LogP contribution in [0.15, 0.2) is 48.5 Å². The third kappa shape index (κ3) is 4.52. The van der Waals surface area contributed by atoms with Crippen LogP contribution in [0.4, 0.5) is 0 Å². The molecule has 5 heteroatoms. The number of esters is 1. The largest absolute Gasteiger partial charge is 0.497 e. The minimum Gasteiger partial charge on any atom is -0.497 e. The van der Waals surface area contributed by atoms with Crippen molar-refractivity contribution < 1.29 is 14.3 Å². The van der Waals surface area contributed by atoms with Crippen molar-refractivity contribution in [2.45, 2.75) is 0 Å². The summed E-state index contributed by atoms with van der Waals surface area (Å²) in [6.45, 7) is 0. The highest BCUT2D eigenvalue weighted by atomic mass is 35.5. The van der Waals surface area contributed by atoms with Gasteiger partial charge in [0.25, 0.3) is 0 Å². The maximum atomic E-state index is 11.7. The van der Waals surface area contributed by atoms with Crippen molar-refractivity contribution in [1.82, 2.24) is 0 Å². The van der Waals surface area contributed by atoms with Gasteiger partial charge in [-0.1, -0.05) is 35.3 Å². The van der Waals surface area contributed by atoms with E-state index >= 15 is 0 Å². The van der Waals surface area contributed by atoms with Crippen LogP contribution in [0.5, 0.6) is 11.5 Å². The number of carbonyl (C=O) groups is 1. The SMILES string of the molecule is COc1ccc(/C=C/C(=O)Oc2ccc(Cl)c(Cl)c2)cc1. The van der Waals surface area contributed by atoms with E-state index in [1.165, 1.54) is 12.1 Å². The Labute approximate surface area is 132 Å². The van der Waals surface area contributed by atoms with Crippen LogP contribution in [0.1, 0.15) is 5.56 Å². The van der Waals surface area contributed by atoms with E-state index in [2.05, 4.69) is 0 Å². The van der Waals surface area contributed by atoms with Crippen LogP contribution < -0.4 is 9.47 Å². The van der Waals surface area contributed by atoms with Crippen molar-refractivity contribution in [2.75, 3.05) is 7.11 Å². The number of benzene rings is 2. The predicted molar refractivity (Wildman–Crippen MR) is 84.1 cm³/mol. The van der Waals surface area contributed by atoms with Crippen molar-refractivity contribution >= 4 is 35.2 Å². The van der Waals surface area contributed by atoms with Gasteiger partial charge in [0, 0.05) is 12.1 Å². The Hall–Kier alpha value is -1.97. The summed E-state index contributed by atoms with van der Waals surface area (Å²) in [5.41, 5.74) is 0.863. The highest BCUT2D eigenvalue weighted by Crippen LogP contribution is 2.26. The Balaban J connectivity index is 1.99. The minimum atomic E-state index is -0.496. The maximum Gasteiger partial charge on any atom is 0.336 e. The van der Waals surface area contributed by atoms with Gasteiger partial charge in [0.05, 0.1) is 17.2 Å². The molecule has 0 aliphatic heterocycles. The first-order chi connectivity index (χ1) is 10.1. The average Bonchev–Trinajstić information content (AvgIpc) is 2.49. The first-order valence-corrected chi connectivity index (χ1v) is 6.83. The lowest BCUT2D eigenvalue weighted by molar-refractivity contribution is -0.128. The van der Waals surface area contributed by atoms with Gasteiger partial charge in [-0.25, -0.2) is 4.79 Å². The zero-order chi connectivity index (χ0) is 15.2. The van der Waals surface area contributed by atoms with Crippen molar-refractivity contribution in [3.63, 3.8) is 0 Å². The third-order valence-electron chi connectivity index (χ3n) is 2.64. The summed E-state index contributed by atoms with van der Waals surface area (Å²) >= 11 is 11.6. The quantitative estimate of drug-likeness (QED) is 0.468. The highest BCUT2D eigenvalue weighted by Gasteiger charge is 2.04. The van der Waals surface area contributed by atoms with Crippen LogP contribution in [-0.2, 0) is 4.79 Å². The van der Waals surface area contributed by atoms with Gasteiger partial charge in [0.15, 0.2) is 0 Å². The summed E-state index contributed by atoms with van der Waals surface area (Å²) in [6, 6.07) is 11.9. The Morgan fingerprint density at radius 1 is 1.00 bits per heavy atom. The molecular formula is C16H12Cl2O3. The molecule has 2 aromatic rings. The van der Waals surface area contributed by atoms with Crippen LogP contribution in [0.25, 0.3) is 6.08 Å². The second-order valence-electron chi connectivity index (χ2n) is 4.10. The number of hydrogen-bond acceptors (Lipinski definition) is 3. The van der Waals surface area contributed by atoms with Gasteiger partial charge < -0.3 is 9.47 Å². The molecule has 0 N–H and O–H groups in total. The van der Waals surface area contributed by atoms with Crippen LogP contribution in [0, 0.1) is 0 Å². The number of carbonyl (C=O) groups excluding carboxylic acids is 1. The molecule has 0 amide bonds. The Morgan fingerprint density at radius 2 is 1.67 bits per heavy atom. The van der Waals surface area contributed by atoms with Gasteiger partial charge >= 0.3 is 5.97 Å². The molecule has 0 aromatic heterocycles. The second-order valence-corrected chi connectivity index (χ2v) is 4.92. The summed E-state index contributed by atoms with van der Waals surface area (Å²) in [6.07, 6.45) is 2.99. The van der Waals surface area contributed by atoms with Crippen LogP contribution in [0.2, 0.25) is 10.0 Å². The van der Waals surface area contributed by atoms with Gasteiger partial charge in [0.2, 0.25) is 0 Å². The molecular weight excluding hydrogens is 311 g/mol. The molecule has 0 saturated carbocycles. The summed E-state index contributed by atoms with van der Waals surface area (Å²) in [5, 5.41) is 0.742. The molecule has 0 aliphatic rings. The minimum absolute atomic E-state index is 0.334. The van der Waals surface area contributed by atoms with E-state index in [-0.39, 0.29) is 0 Å². The fourth-order valence-corrected chi connectivity index (χ4v) is 1.86. The molecule has 0 spiro atoms. The maximum absolute atomic E-state index is 11.7. The first kappa shape index (κ1) is 15.4. The fourth-order valence-electron chi connectivity index (χ4n) is 1.57. The predicted octanol–water partition coefficient (Wildman–Crippen LogP) is 4.62. The van der Waals surface area contributed by atoms with Crippen molar-refractivity contribution in [3.05, 3.63) is 64.1 Å². The van der Waals surface area contributed by atoms with Crippen molar-refractivity contribution in [1.29, 1.82) is 0 Å². The molecule has 2 aromatic carbocycles. The number of rotatable bonds is 4. The lowest BCUT2D eigenvalue weighted by atomic mass is 10.2. The van der Waals surface area contributed by atoms with Gasteiger partial charge in [0.1, 0.15) is 11.5 Å². The standard InChI is InChI=1S/C16H12Cl2O3/c1-20-12-5-2-11(3-6-12)4-9-16(19)21-13-7-8-14(17)15(18)10-13/h2-10H,1H3/b9-4+. The topological polar surface area (TPSA) is 35.5 Å². The van der Waals surface area contributed by atoms with Gasteiger partial charge in [-0.05, 0) is 35.9 Å². The van der Waals surface area contributed by atoms with Gasteiger partial charge in [-0.3, -0.25) is 0 Å². The lowest BCUT2D eigenvalue weighted by Crippen LogP contribution is -2.03. The fraction of sp³-hybridized carbons (Fsp3) is 0.0625. The van der Waals surface area contributed by atoms with Crippen molar-refractivity contribution in [3.8, 4) is 11.5 Å². The lowest BCUT2D eigenvalue weighted by Gasteiger charge is -2.03. The van der Waals surface area contributed by atoms with Gasteiger partial charge in [-0.2, -0.15) is 0 Å². The Kier molecular flexibility index (Phi) is 5.26. The van der Waals surface area contributed by atoms with E-state index in [0.29, 0.717) is 15.8 Å². The molecule has 108 valence electrons. The Bertz CT molecular complexity index is 664. The molecule has 0 fully saturated rings. The highest BCUT2D eigenvalue weighted by molar-refractivity contribution is 6.42. The zero-order valence-corrected chi connectivity index (χ0v) is 12.7. The van der Waals surface area contributed by atoms with E-state index in [1.807, 2.05) is 24.3 Å². The number of ether oxygens (including phenoxy) is 2. The van der Waals surface area contributed by atoms with E-state index in [1.54, 1.807) is 25.3 Å². The summed E-state index contributed by atoms with van der Waals surface area (Å²) < 4.78 is 10.2. The average molecular weight is 323 g/mol. The summed E-state index contributed by atoms with van der Waals surface area (Å²) in [5.74, 6) is 0.600. The number of methoxy groups -OCH3 is 1. The third-order valence-corrected chi connectivity index (χ3v) is 3.38. The van der Waals surface area contributed by atoms with E-state index in [0.717, 1.165) is 11.3 Å². The molecule has 0 atom stereocenters. The van der Waals surface area contributed by atoms with Crippen LogP contribution >= 0.6 is 23.2 Å². The molecule has 0 saturated heterocycles. The zero-order valence-electron chi connectivity index (χ0n) is 11.2. The summed E-state index contributed by atoms with van der Waals surface area (Å²) in [4.78, 5) is 11.7. The number of halogens is 2. The molecule has 0 unspecified atom stereocenters. The van der Waals surface area contributed by atoms with Crippen molar-refractivity contribution in [2.24, 2.45) is 0 Å². The summed E-state index contributed by atoms with van der Waals surface area (Å²) in [7, 11) is 1.60. The normalized spacial score (nSPS) is 10.6. The molecule has 0 bridgehead atoms. The first-order valence-electron chi connectivity index (χ1n) is 6.07. The number of hydrogen-bond donors (Lipinski definition) is 0. The van der Waals surface area contributed by atoms with E-state index in [9.17, 15) is 4.79 Å². The molecule has 3 nitrogen and oxygen atoms in total. The second kappa shape index (κ2) is 7.16. The van der Waals surface area contributed by atoms with E-state index in [4.69, 9.17) is 32.7 Å². The van der Waals surface area contributed by atoms with Crippen LogP contribution in [0.3, 0.4) is 0 Å². The molecule has 2 rings (SSSR count). The smallest absolute Gasteiger partial charge is 0.336 e. The van der Waals surface area contributed by atoms with Crippen LogP contribution in [-0.4, -0.2) is 13.1 Å². The molecule has 0 aliphatic carbocycles. The molecule has 21 heavy (non-hydrogen) atoms. The molecule has 0 radical (unpaired) electrons. The van der Waals surface area contributed by atoms with E-state index < -0.39 is 5.97 Å². The monoisotopic (exact) mass is 322 g/mol.